The Bertz CT molecular complexity index is 240. The molecule has 0 saturated carbocycles. The van der Waals surface area contributed by atoms with Gasteiger partial charge in [0, 0.05) is 0 Å². The lowest BCUT2D eigenvalue weighted by Gasteiger charge is -1.95. The standard InChI is InChI=1S/C5H2Cl3NS/c6-4-2-1-3(10-8)5(7)9-4/h1-2H. The lowest BCUT2D eigenvalue weighted by Crippen LogP contribution is -1.77. The van der Waals surface area contributed by atoms with Crippen LogP contribution in [0.2, 0.25) is 10.3 Å². The zero-order valence-corrected chi connectivity index (χ0v) is 7.73. The summed E-state index contributed by atoms with van der Waals surface area (Å²) in [5.74, 6) is 0. The summed E-state index contributed by atoms with van der Waals surface area (Å²) in [7, 11) is 6.46. The Morgan fingerprint density at radius 1 is 1.30 bits per heavy atom. The van der Waals surface area contributed by atoms with Crippen LogP contribution in [0.15, 0.2) is 17.0 Å². The molecule has 1 heterocycles. The summed E-state index contributed by atoms with van der Waals surface area (Å²) in [6.07, 6.45) is 0. The molecule has 10 heavy (non-hydrogen) atoms. The Morgan fingerprint density at radius 2 is 2.00 bits per heavy atom. The quantitative estimate of drug-likeness (QED) is 0.662. The van der Waals surface area contributed by atoms with Crippen LogP contribution in [-0.2, 0) is 0 Å². The van der Waals surface area contributed by atoms with Gasteiger partial charge in [-0.05, 0) is 33.8 Å². The van der Waals surface area contributed by atoms with Gasteiger partial charge >= 0.3 is 0 Å². The predicted molar refractivity (Wildman–Crippen MR) is 46.0 cm³/mol. The van der Waals surface area contributed by atoms with E-state index in [4.69, 9.17) is 33.9 Å². The van der Waals surface area contributed by atoms with Gasteiger partial charge in [-0.2, -0.15) is 0 Å². The van der Waals surface area contributed by atoms with Crippen LogP contribution in [0.25, 0.3) is 0 Å². The first-order valence-corrected chi connectivity index (χ1v) is 4.74. The molecule has 0 atom stereocenters. The molecule has 1 nitrogen and oxygen atoms in total. The van der Waals surface area contributed by atoms with Crippen molar-refractivity contribution in [2.45, 2.75) is 4.90 Å². The lowest BCUT2D eigenvalue weighted by atomic mass is 10.5. The number of nitrogens with zero attached hydrogens (tertiary/aromatic N) is 1. The van der Waals surface area contributed by atoms with Gasteiger partial charge in [0.15, 0.2) is 0 Å². The summed E-state index contributed by atoms with van der Waals surface area (Å²) in [5, 5.41) is 0.715. The van der Waals surface area contributed by atoms with Gasteiger partial charge in [-0.3, -0.25) is 0 Å². The normalized spacial score (nSPS) is 9.90. The average Bonchev–Trinajstić information content (AvgIpc) is 1.88. The minimum Gasteiger partial charge on any atom is -0.223 e. The average molecular weight is 215 g/mol. The fraction of sp³-hybridized carbons (Fsp3) is 0. The number of hydrogen-bond acceptors (Lipinski definition) is 2. The van der Waals surface area contributed by atoms with E-state index in [1.807, 2.05) is 0 Å². The second-order valence-electron chi connectivity index (χ2n) is 1.50. The zero-order valence-electron chi connectivity index (χ0n) is 4.64. The molecule has 54 valence electrons. The molecule has 0 fully saturated rings. The van der Waals surface area contributed by atoms with Crippen molar-refractivity contribution in [3.63, 3.8) is 0 Å². The molecule has 1 aromatic heterocycles. The van der Waals surface area contributed by atoms with Gasteiger partial charge in [-0.25, -0.2) is 4.98 Å². The van der Waals surface area contributed by atoms with E-state index in [1.54, 1.807) is 12.1 Å². The van der Waals surface area contributed by atoms with Crippen molar-refractivity contribution in [2.75, 3.05) is 0 Å². The third-order valence-corrected chi connectivity index (χ3v) is 2.47. The van der Waals surface area contributed by atoms with Crippen LogP contribution in [-0.4, -0.2) is 4.98 Å². The highest BCUT2D eigenvalue weighted by molar-refractivity contribution is 8.21. The van der Waals surface area contributed by atoms with E-state index in [2.05, 4.69) is 4.98 Å². The van der Waals surface area contributed by atoms with Gasteiger partial charge in [-0.15, -0.1) is 0 Å². The highest BCUT2D eigenvalue weighted by Crippen LogP contribution is 2.29. The van der Waals surface area contributed by atoms with Gasteiger partial charge in [0.25, 0.3) is 0 Å². The van der Waals surface area contributed by atoms with Crippen molar-refractivity contribution in [1.82, 2.24) is 4.98 Å². The summed E-state index contributed by atoms with van der Waals surface area (Å²) in [6.45, 7) is 0. The highest BCUT2D eigenvalue weighted by atomic mass is 35.7. The number of hydrogen-bond donors (Lipinski definition) is 0. The summed E-state index contributed by atoms with van der Waals surface area (Å²) in [5.41, 5.74) is 0. The third-order valence-electron chi connectivity index (χ3n) is 0.864. The molecule has 0 spiro atoms. The summed E-state index contributed by atoms with van der Waals surface area (Å²) >= 11 is 11.2. The van der Waals surface area contributed by atoms with Crippen LogP contribution in [0.5, 0.6) is 0 Å². The maximum absolute atomic E-state index is 5.63. The molecule has 1 aromatic rings. The molecule has 0 bridgehead atoms. The molecular weight excluding hydrogens is 212 g/mol. The molecule has 0 aliphatic carbocycles. The van der Waals surface area contributed by atoms with Crippen molar-refractivity contribution in [3.8, 4) is 0 Å². The molecule has 1 rings (SSSR count). The van der Waals surface area contributed by atoms with E-state index in [-0.39, 0.29) is 0 Å². The van der Waals surface area contributed by atoms with E-state index in [0.29, 0.717) is 15.2 Å². The Balaban J connectivity index is 3.07. The smallest absolute Gasteiger partial charge is 0.145 e. The zero-order chi connectivity index (χ0) is 7.56. The first-order chi connectivity index (χ1) is 4.74. The number of pyridine rings is 1. The molecule has 0 radical (unpaired) electrons. The van der Waals surface area contributed by atoms with Crippen molar-refractivity contribution in [1.29, 1.82) is 0 Å². The van der Waals surface area contributed by atoms with E-state index in [9.17, 15) is 0 Å². The summed E-state index contributed by atoms with van der Waals surface area (Å²) in [6, 6.07) is 3.35. The number of aromatic nitrogens is 1. The first kappa shape index (κ1) is 8.47. The lowest BCUT2D eigenvalue weighted by molar-refractivity contribution is 1.24. The van der Waals surface area contributed by atoms with Crippen LogP contribution in [0.3, 0.4) is 0 Å². The molecule has 0 aliphatic heterocycles. The Morgan fingerprint density at radius 3 is 2.50 bits per heavy atom. The molecule has 0 aromatic carbocycles. The molecule has 5 heteroatoms. The first-order valence-electron chi connectivity index (χ1n) is 2.34. The minimum absolute atomic E-state index is 0.340. The van der Waals surface area contributed by atoms with E-state index in [0.717, 1.165) is 11.0 Å². The maximum atomic E-state index is 5.63. The second kappa shape index (κ2) is 3.67. The Kier molecular flexibility index (Phi) is 3.11. The molecule has 0 N–H and O–H groups in total. The molecule has 0 amide bonds. The third kappa shape index (κ3) is 1.92. The largest absolute Gasteiger partial charge is 0.223 e. The van der Waals surface area contributed by atoms with E-state index >= 15 is 0 Å². The van der Waals surface area contributed by atoms with Crippen LogP contribution < -0.4 is 0 Å². The Hall–Kier alpha value is 0.370. The van der Waals surface area contributed by atoms with Crippen molar-refractivity contribution in [3.05, 3.63) is 22.4 Å². The van der Waals surface area contributed by atoms with Crippen LogP contribution >= 0.6 is 44.9 Å². The predicted octanol–water partition coefficient (Wildman–Crippen LogP) is 3.63. The second-order valence-corrected chi connectivity index (χ2v) is 3.30. The van der Waals surface area contributed by atoms with Crippen LogP contribution in [0, 0.1) is 0 Å². The number of rotatable bonds is 1. The van der Waals surface area contributed by atoms with Gasteiger partial charge in [-0.1, -0.05) is 23.2 Å². The van der Waals surface area contributed by atoms with Gasteiger partial charge < -0.3 is 0 Å². The molecule has 0 saturated heterocycles. The van der Waals surface area contributed by atoms with Crippen molar-refractivity contribution in [2.24, 2.45) is 0 Å². The minimum atomic E-state index is 0.340. The van der Waals surface area contributed by atoms with Crippen molar-refractivity contribution >= 4 is 44.9 Å². The van der Waals surface area contributed by atoms with E-state index in [1.165, 1.54) is 0 Å². The highest BCUT2D eigenvalue weighted by Gasteiger charge is 2.00. The van der Waals surface area contributed by atoms with Gasteiger partial charge in [0.1, 0.15) is 10.3 Å². The van der Waals surface area contributed by atoms with Gasteiger partial charge in [0.2, 0.25) is 0 Å². The maximum Gasteiger partial charge on any atom is 0.145 e. The van der Waals surface area contributed by atoms with Crippen LogP contribution in [0.1, 0.15) is 0 Å². The SMILES string of the molecule is ClSc1ccc(Cl)nc1Cl. The number of halogens is 3. The molecule has 0 unspecified atom stereocenters. The van der Waals surface area contributed by atoms with Crippen molar-refractivity contribution < 1.29 is 0 Å². The molecular formula is C5H2Cl3NS. The summed E-state index contributed by atoms with van der Waals surface area (Å²) < 4.78 is 0. The summed E-state index contributed by atoms with van der Waals surface area (Å²) in [4.78, 5) is 4.49. The fourth-order valence-corrected chi connectivity index (χ4v) is 1.64. The molecule has 0 aliphatic rings. The van der Waals surface area contributed by atoms with E-state index < -0.39 is 0 Å². The fourth-order valence-electron chi connectivity index (χ4n) is 0.457. The van der Waals surface area contributed by atoms with Gasteiger partial charge in [0.05, 0.1) is 4.90 Å². The monoisotopic (exact) mass is 213 g/mol. The van der Waals surface area contributed by atoms with Crippen LogP contribution in [0.4, 0.5) is 0 Å². The Labute approximate surface area is 77.2 Å². The topological polar surface area (TPSA) is 12.9 Å².